The maximum Gasteiger partial charge on any atom is 0.0947 e. The van der Waals surface area contributed by atoms with Gasteiger partial charge in [-0.3, -0.25) is 0 Å². The normalized spacial score (nSPS) is 32.5. The molecule has 0 radical (unpaired) electrons. The summed E-state index contributed by atoms with van der Waals surface area (Å²) in [6.45, 7) is 7.09. The molecule has 3 atom stereocenters. The smallest absolute Gasteiger partial charge is 0.0947 e. The van der Waals surface area contributed by atoms with E-state index in [9.17, 15) is 5.26 Å². The highest BCUT2D eigenvalue weighted by atomic mass is 14.4. The van der Waals surface area contributed by atoms with Crippen LogP contribution in [0.1, 0.15) is 140 Å². The highest BCUT2D eigenvalue weighted by Crippen LogP contribution is 2.45. The SMILES string of the molecule is CCCC[C@H]1CC[C@H](C(C)[C@@H]2CC[C@@H](c3ccc([C@H]4CC[C@H](CCC)CC4)cc3)C=C2C#N)CC1. The molecule has 1 nitrogen and oxygen atoms in total. The van der Waals surface area contributed by atoms with Gasteiger partial charge in [-0.15, -0.1) is 0 Å². The zero-order chi connectivity index (χ0) is 24.6. The Labute approximate surface area is 216 Å². The summed E-state index contributed by atoms with van der Waals surface area (Å²) in [5.41, 5.74) is 4.05. The Morgan fingerprint density at radius 3 is 2.03 bits per heavy atom. The van der Waals surface area contributed by atoms with Crippen molar-refractivity contribution in [3.63, 3.8) is 0 Å². The topological polar surface area (TPSA) is 23.8 Å². The molecule has 1 aromatic carbocycles. The first kappa shape index (κ1) is 26.5. The van der Waals surface area contributed by atoms with E-state index in [1.807, 2.05) is 0 Å². The van der Waals surface area contributed by atoms with Crippen molar-refractivity contribution in [3.05, 3.63) is 47.0 Å². The van der Waals surface area contributed by atoms with Crippen LogP contribution in [0, 0.1) is 40.9 Å². The number of nitrogens with zero attached hydrogens (tertiary/aromatic N) is 1. The van der Waals surface area contributed by atoms with Crippen molar-refractivity contribution in [2.75, 3.05) is 0 Å². The number of hydrogen-bond donors (Lipinski definition) is 0. The molecule has 0 saturated heterocycles. The van der Waals surface area contributed by atoms with E-state index in [0.29, 0.717) is 17.8 Å². The molecule has 35 heavy (non-hydrogen) atoms. The largest absolute Gasteiger partial charge is 0.193 e. The average Bonchev–Trinajstić information content (AvgIpc) is 2.92. The van der Waals surface area contributed by atoms with Crippen LogP contribution in [0.3, 0.4) is 0 Å². The van der Waals surface area contributed by atoms with Gasteiger partial charge in [-0.1, -0.05) is 96.1 Å². The van der Waals surface area contributed by atoms with E-state index in [1.165, 1.54) is 102 Å². The number of benzene rings is 1. The van der Waals surface area contributed by atoms with Gasteiger partial charge in [-0.2, -0.15) is 5.26 Å². The number of rotatable bonds is 9. The Morgan fingerprint density at radius 2 is 1.40 bits per heavy atom. The summed E-state index contributed by atoms with van der Waals surface area (Å²) in [4.78, 5) is 0. The zero-order valence-electron chi connectivity index (χ0n) is 23.0. The van der Waals surface area contributed by atoms with Crippen LogP contribution in [-0.2, 0) is 0 Å². The lowest BCUT2D eigenvalue weighted by Gasteiger charge is -2.38. The summed E-state index contributed by atoms with van der Waals surface area (Å²) in [5.74, 6) is 5.07. The second-order valence-electron chi connectivity index (χ2n) is 12.5. The highest BCUT2D eigenvalue weighted by Gasteiger charge is 2.34. The minimum Gasteiger partial charge on any atom is -0.193 e. The summed E-state index contributed by atoms with van der Waals surface area (Å²) in [5, 5.41) is 10.1. The lowest BCUT2D eigenvalue weighted by molar-refractivity contribution is 0.166. The summed E-state index contributed by atoms with van der Waals surface area (Å²) in [7, 11) is 0. The third-order valence-electron chi connectivity index (χ3n) is 10.3. The van der Waals surface area contributed by atoms with Gasteiger partial charge in [0.25, 0.3) is 0 Å². The van der Waals surface area contributed by atoms with E-state index < -0.39 is 0 Å². The van der Waals surface area contributed by atoms with Crippen LogP contribution in [-0.4, -0.2) is 0 Å². The lowest BCUT2D eigenvalue weighted by atomic mass is 9.66. The molecule has 0 heterocycles. The van der Waals surface area contributed by atoms with Crippen LogP contribution >= 0.6 is 0 Å². The van der Waals surface area contributed by atoms with E-state index in [0.717, 1.165) is 29.2 Å². The maximum absolute atomic E-state index is 10.1. The molecule has 0 aromatic heterocycles. The van der Waals surface area contributed by atoms with Crippen molar-refractivity contribution in [2.24, 2.45) is 29.6 Å². The second-order valence-corrected chi connectivity index (χ2v) is 12.5. The van der Waals surface area contributed by atoms with Gasteiger partial charge >= 0.3 is 0 Å². The fraction of sp³-hybridized carbons (Fsp3) is 0.735. The summed E-state index contributed by atoms with van der Waals surface area (Å²) < 4.78 is 0. The van der Waals surface area contributed by atoms with E-state index in [-0.39, 0.29) is 0 Å². The molecule has 0 amide bonds. The van der Waals surface area contributed by atoms with Gasteiger partial charge in [0.1, 0.15) is 0 Å². The van der Waals surface area contributed by atoms with Crippen LogP contribution < -0.4 is 0 Å². The van der Waals surface area contributed by atoms with E-state index in [1.54, 1.807) is 5.56 Å². The first-order valence-electron chi connectivity index (χ1n) is 15.3. The first-order chi connectivity index (χ1) is 17.1. The van der Waals surface area contributed by atoms with Gasteiger partial charge in [-0.05, 0) is 98.0 Å². The lowest BCUT2D eigenvalue weighted by Crippen LogP contribution is -2.28. The van der Waals surface area contributed by atoms with Gasteiger partial charge in [0.05, 0.1) is 6.07 Å². The molecule has 0 N–H and O–H groups in total. The molecule has 0 spiro atoms. The second kappa shape index (κ2) is 13.1. The van der Waals surface area contributed by atoms with E-state index in [4.69, 9.17) is 0 Å². The summed E-state index contributed by atoms with van der Waals surface area (Å²) in [6, 6.07) is 12.2. The summed E-state index contributed by atoms with van der Waals surface area (Å²) >= 11 is 0. The van der Waals surface area contributed by atoms with Crippen LogP contribution in [0.2, 0.25) is 0 Å². The van der Waals surface area contributed by atoms with Crippen molar-refractivity contribution in [1.29, 1.82) is 5.26 Å². The minimum absolute atomic E-state index is 0.423. The van der Waals surface area contributed by atoms with E-state index >= 15 is 0 Å². The molecule has 0 aliphatic heterocycles. The van der Waals surface area contributed by atoms with E-state index in [2.05, 4.69) is 57.2 Å². The Kier molecular flexibility index (Phi) is 9.94. The molecule has 0 bridgehead atoms. The van der Waals surface area contributed by atoms with Crippen LogP contribution in [0.25, 0.3) is 0 Å². The molecule has 2 fully saturated rings. The Bertz CT molecular complexity index is 826. The van der Waals surface area contributed by atoms with Crippen LogP contribution in [0.5, 0.6) is 0 Å². The molecule has 1 unspecified atom stereocenters. The Hall–Kier alpha value is -1.55. The number of hydrogen-bond acceptors (Lipinski definition) is 1. The summed E-state index contributed by atoms with van der Waals surface area (Å²) in [6.07, 6.45) is 22.8. The number of nitriles is 1. The zero-order valence-corrected chi connectivity index (χ0v) is 23.0. The molecule has 2 saturated carbocycles. The van der Waals surface area contributed by atoms with Gasteiger partial charge in [0.2, 0.25) is 0 Å². The fourth-order valence-electron chi connectivity index (χ4n) is 7.90. The van der Waals surface area contributed by atoms with Crippen molar-refractivity contribution < 1.29 is 0 Å². The Balaban J connectivity index is 1.33. The molecule has 3 aliphatic carbocycles. The molecular weight excluding hydrogens is 422 g/mol. The Morgan fingerprint density at radius 1 is 0.771 bits per heavy atom. The average molecular weight is 474 g/mol. The fourth-order valence-corrected chi connectivity index (χ4v) is 7.90. The van der Waals surface area contributed by atoms with Gasteiger partial charge in [0.15, 0.2) is 0 Å². The molecule has 1 heteroatoms. The van der Waals surface area contributed by atoms with Crippen LogP contribution in [0.4, 0.5) is 0 Å². The van der Waals surface area contributed by atoms with Crippen LogP contribution in [0.15, 0.2) is 35.9 Å². The molecule has 3 aliphatic rings. The molecule has 1 aromatic rings. The van der Waals surface area contributed by atoms with Crippen molar-refractivity contribution in [1.82, 2.24) is 0 Å². The minimum atomic E-state index is 0.423. The first-order valence-corrected chi connectivity index (χ1v) is 15.3. The number of allylic oxidation sites excluding steroid dienone is 2. The number of unbranched alkanes of at least 4 members (excludes halogenated alkanes) is 1. The molecule has 4 rings (SSSR count). The standard InChI is InChI=1S/C34H51N/c1-4-6-8-27-9-13-28(14-10-27)25(3)34-22-21-32(23-33(34)24-35)31-19-17-30(18-20-31)29-15-11-26(7-5-2)12-16-29/h17-20,23,25-29,32,34H,4-16,21-22H2,1-3H3/t25?,26-,27-,28-,29-,32-,34+/m1/s1. The van der Waals surface area contributed by atoms with Gasteiger partial charge in [0, 0.05) is 11.5 Å². The van der Waals surface area contributed by atoms with Crippen molar-refractivity contribution >= 4 is 0 Å². The predicted molar refractivity (Wildman–Crippen MR) is 149 cm³/mol. The third-order valence-corrected chi connectivity index (χ3v) is 10.3. The van der Waals surface area contributed by atoms with Gasteiger partial charge in [-0.25, -0.2) is 0 Å². The van der Waals surface area contributed by atoms with Crippen molar-refractivity contribution in [2.45, 2.75) is 129 Å². The maximum atomic E-state index is 10.1. The highest BCUT2D eigenvalue weighted by molar-refractivity contribution is 5.36. The monoisotopic (exact) mass is 473 g/mol. The molecular formula is C34H51N. The molecule has 192 valence electrons. The van der Waals surface area contributed by atoms with Crippen molar-refractivity contribution in [3.8, 4) is 6.07 Å². The quantitative estimate of drug-likeness (QED) is 0.350. The van der Waals surface area contributed by atoms with Gasteiger partial charge < -0.3 is 0 Å². The third kappa shape index (κ3) is 6.81. The predicted octanol–water partition coefficient (Wildman–Crippen LogP) is 10.3.